The van der Waals surface area contributed by atoms with E-state index in [1.165, 1.54) is 4.90 Å². The van der Waals surface area contributed by atoms with Crippen LogP contribution in [0.15, 0.2) is 71.6 Å². The number of ether oxygens (including phenoxy) is 1. The molecule has 220 valence electrons. The number of aryl methyl sites for hydroxylation is 2. The molecule has 0 aliphatic carbocycles. The number of hydrogen-bond donors (Lipinski definition) is 1. The van der Waals surface area contributed by atoms with Crippen LogP contribution in [-0.2, 0) is 26.2 Å². The molecule has 0 aliphatic rings. The van der Waals surface area contributed by atoms with Crippen molar-refractivity contribution in [1.29, 1.82) is 0 Å². The van der Waals surface area contributed by atoms with E-state index in [9.17, 15) is 18.0 Å². The van der Waals surface area contributed by atoms with E-state index >= 15 is 0 Å². The Morgan fingerprint density at radius 2 is 1.54 bits per heavy atom. The van der Waals surface area contributed by atoms with Gasteiger partial charge < -0.3 is 15.0 Å². The topological polar surface area (TPSA) is 96.0 Å². The lowest BCUT2D eigenvalue weighted by atomic mass is 10.1. The maximum absolute atomic E-state index is 14.1. The van der Waals surface area contributed by atoms with E-state index in [-0.39, 0.29) is 17.3 Å². The first kappa shape index (κ1) is 31.7. The van der Waals surface area contributed by atoms with Gasteiger partial charge in [-0.2, -0.15) is 0 Å². The monoisotopic (exact) mass is 579 g/mol. The molecule has 0 spiro atoms. The number of anilines is 1. The van der Waals surface area contributed by atoms with Crippen LogP contribution in [0, 0.1) is 20.8 Å². The van der Waals surface area contributed by atoms with Crippen LogP contribution in [0.4, 0.5) is 5.69 Å². The van der Waals surface area contributed by atoms with E-state index in [1.54, 1.807) is 62.6 Å². The summed E-state index contributed by atoms with van der Waals surface area (Å²) in [6, 6.07) is 18.2. The number of nitrogens with one attached hydrogen (secondary N) is 1. The lowest BCUT2D eigenvalue weighted by molar-refractivity contribution is -0.140. The van der Waals surface area contributed by atoms with E-state index in [0.717, 1.165) is 26.6 Å². The van der Waals surface area contributed by atoms with Gasteiger partial charge in [0, 0.05) is 12.1 Å². The first-order valence-corrected chi connectivity index (χ1v) is 15.0. The second-order valence-electron chi connectivity index (χ2n) is 11.3. The van der Waals surface area contributed by atoms with Crippen LogP contribution in [0.25, 0.3) is 0 Å². The van der Waals surface area contributed by atoms with Crippen molar-refractivity contribution >= 4 is 27.5 Å². The van der Waals surface area contributed by atoms with Crippen molar-refractivity contribution in [1.82, 2.24) is 10.2 Å². The Labute approximate surface area is 244 Å². The molecule has 3 aromatic carbocycles. The largest absolute Gasteiger partial charge is 0.497 e. The molecule has 1 unspecified atom stereocenters. The molecule has 3 aromatic rings. The van der Waals surface area contributed by atoms with Gasteiger partial charge in [-0.05, 0) is 95.5 Å². The van der Waals surface area contributed by atoms with Gasteiger partial charge in [-0.15, -0.1) is 0 Å². The fourth-order valence-corrected chi connectivity index (χ4v) is 5.81. The number of rotatable bonds is 10. The Morgan fingerprint density at radius 3 is 2.10 bits per heavy atom. The molecule has 0 heterocycles. The van der Waals surface area contributed by atoms with E-state index < -0.39 is 34.1 Å². The maximum Gasteiger partial charge on any atom is 0.264 e. The van der Waals surface area contributed by atoms with Crippen molar-refractivity contribution in [2.24, 2.45) is 0 Å². The Hall–Kier alpha value is -3.85. The zero-order chi connectivity index (χ0) is 30.5. The number of sulfonamides is 1. The fourth-order valence-electron chi connectivity index (χ4n) is 4.34. The minimum atomic E-state index is -4.13. The molecule has 0 saturated carbocycles. The summed E-state index contributed by atoms with van der Waals surface area (Å²) in [7, 11) is -2.56. The van der Waals surface area contributed by atoms with Crippen LogP contribution in [-0.4, -0.2) is 50.4 Å². The summed E-state index contributed by atoms with van der Waals surface area (Å²) < 4.78 is 34.5. The number of hydrogen-bond acceptors (Lipinski definition) is 5. The third-order valence-corrected chi connectivity index (χ3v) is 8.68. The van der Waals surface area contributed by atoms with Crippen molar-refractivity contribution in [3.05, 3.63) is 89.0 Å². The number of nitrogens with zero attached hydrogens (tertiary/aromatic N) is 2. The Bertz CT molecular complexity index is 1480. The number of methoxy groups -OCH3 is 1. The molecule has 9 heteroatoms. The highest BCUT2D eigenvalue weighted by atomic mass is 32.2. The Morgan fingerprint density at radius 1 is 0.927 bits per heavy atom. The minimum absolute atomic E-state index is 0.0806. The number of carbonyl (C=O) groups excluding carboxylic acids is 2. The average molecular weight is 580 g/mol. The van der Waals surface area contributed by atoms with E-state index in [4.69, 9.17) is 4.74 Å². The normalized spacial score (nSPS) is 12.4. The van der Waals surface area contributed by atoms with Crippen molar-refractivity contribution in [3.63, 3.8) is 0 Å². The van der Waals surface area contributed by atoms with Gasteiger partial charge in [-0.25, -0.2) is 8.42 Å². The highest BCUT2D eigenvalue weighted by molar-refractivity contribution is 7.92. The van der Waals surface area contributed by atoms with E-state index in [1.807, 2.05) is 59.7 Å². The van der Waals surface area contributed by atoms with Crippen LogP contribution in [0.1, 0.15) is 49.9 Å². The van der Waals surface area contributed by atoms with Crippen molar-refractivity contribution in [2.75, 3.05) is 18.0 Å². The zero-order valence-corrected chi connectivity index (χ0v) is 26.0. The molecular weight excluding hydrogens is 538 g/mol. The SMILES string of the molecule is COc1ccc(CN(C(=O)CN(c2cccc(C)c2C)S(=O)(=O)c2ccc(C)cc2)C(C)C(=O)NC(C)(C)C)cc1. The highest BCUT2D eigenvalue weighted by Crippen LogP contribution is 2.29. The summed E-state index contributed by atoms with van der Waals surface area (Å²) >= 11 is 0. The van der Waals surface area contributed by atoms with Gasteiger partial charge in [0.25, 0.3) is 10.0 Å². The standard InChI is InChI=1S/C32H41N3O5S/c1-22-12-18-28(19-13-22)41(38,39)35(29-11-9-10-23(2)24(29)3)21-30(36)34(25(4)31(37)33-32(5,6)7)20-26-14-16-27(40-8)17-15-26/h9-19,25H,20-21H2,1-8H3,(H,33,37). The van der Waals surface area contributed by atoms with Crippen LogP contribution < -0.4 is 14.4 Å². The predicted octanol–water partition coefficient (Wildman–Crippen LogP) is 5.15. The van der Waals surface area contributed by atoms with Crippen LogP contribution in [0.2, 0.25) is 0 Å². The molecular formula is C32H41N3O5S. The quantitative estimate of drug-likeness (QED) is 0.359. The third-order valence-electron chi connectivity index (χ3n) is 6.91. The van der Waals surface area contributed by atoms with Crippen molar-refractivity contribution in [2.45, 2.75) is 71.5 Å². The fraction of sp³-hybridized carbons (Fsp3) is 0.375. The summed E-state index contributed by atoms with van der Waals surface area (Å²) in [5, 5.41) is 2.94. The Kier molecular flexibility index (Phi) is 9.86. The molecule has 1 N–H and O–H groups in total. The smallest absolute Gasteiger partial charge is 0.264 e. The first-order chi connectivity index (χ1) is 19.1. The maximum atomic E-state index is 14.1. The molecule has 2 amide bonds. The molecule has 0 saturated heterocycles. The summed E-state index contributed by atoms with van der Waals surface area (Å²) in [6.07, 6.45) is 0. The Balaban J connectivity index is 2.07. The second kappa shape index (κ2) is 12.8. The van der Waals surface area contributed by atoms with Gasteiger partial charge in [0.2, 0.25) is 11.8 Å². The zero-order valence-electron chi connectivity index (χ0n) is 25.2. The molecule has 41 heavy (non-hydrogen) atoms. The van der Waals surface area contributed by atoms with E-state index in [0.29, 0.717) is 11.4 Å². The van der Waals surface area contributed by atoms with Crippen LogP contribution >= 0.6 is 0 Å². The number of amides is 2. The summed E-state index contributed by atoms with van der Waals surface area (Å²) in [4.78, 5) is 28.9. The lowest BCUT2D eigenvalue weighted by Crippen LogP contribution is -2.54. The summed E-state index contributed by atoms with van der Waals surface area (Å²) in [5.41, 5.74) is 3.23. The third kappa shape index (κ3) is 7.88. The van der Waals surface area contributed by atoms with Gasteiger partial charge in [-0.3, -0.25) is 13.9 Å². The molecule has 8 nitrogen and oxygen atoms in total. The van der Waals surface area contributed by atoms with E-state index in [2.05, 4.69) is 5.32 Å². The molecule has 3 rings (SSSR count). The molecule has 0 aromatic heterocycles. The highest BCUT2D eigenvalue weighted by Gasteiger charge is 2.34. The lowest BCUT2D eigenvalue weighted by Gasteiger charge is -2.34. The van der Waals surface area contributed by atoms with Gasteiger partial charge >= 0.3 is 0 Å². The average Bonchev–Trinajstić information content (AvgIpc) is 2.91. The molecule has 1 atom stereocenters. The molecule has 0 bridgehead atoms. The molecule has 0 radical (unpaired) electrons. The van der Waals surface area contributed by atoms with Crippen LogP contribution in [0.5, 0.6) is 5.75 Å². The van der Waals surface area contributed by atoms with Gasteiger partial charge in [0.1, 0.15) is 18.3 Å². The van der Waals surface area contributed by atoms with Gasteiger partial charge in [0.15, 0.2) is 0 Å². The van der Waals surface area contributed by atoms with Crippen molar-refractivity contribution < 1.29 is 22.7 Å². The van der Waals surface area contributed by atoms with Gasteiger partial charge in [0.05, 0.1) is 17.7 Å². The molecule has 0 fully saturated rings. The van der Waals surface area contributed by atoms with Gasteiger partial charge in [-0.1, -0.05) is 42.0 Å². The first-order valence-electron chi connectivity index (χ1n) is 13.5. The summed E-state index contributed by atoms with van der Waals surface area (Å²) in [6.45, 7) is 12.5. The van der Waals surface area contributed by atoms with Crippen molar-refractivity contribution in [3.8, 4) is 5.75 Å². The summed E-state index contributed by atoms with van der Waals surface area (Å²) in [5.74, 6) is -0.177. The second-order valence-corrected chi connectivity index (χ2v) is 13.2. The predicted molar refractivity (Wildman–Crippen MR) is 163 cm³/mol. The number of benzene rings is 3. The minimum Gasteiger partial charge on any atom is -0.497 e. The number of carbonyl (C=O) groups is 2. The molecule has 0 aliphatic heterocycles. The van der Waals surface area contributed by atoms with Crippen LogP contribution in [0.3, 0.4) is 0 Å².